The van der Waals surface area contributed by atoms with Crippen LogP contribution >= 0.6 is 0 Å². The lowest BCUT2D eigenvalue weighted by atomic mass is 9.96. The van der Waals surface area contributed by atoms with Gasteiger partial charge < -0.3 is 23.5 Å². The number of benzene rings is 1. The predicted molar refractivity (Wildman–Crippen MR) is 154 cm³/mol. The molecule has 0 spiro atoms. The molecule has 3 aliphatic rings. The Labute approximate surface area is 243 Å². The van der Waals surface area contributed by atoms with Crippen molar-refractivity contribution in [3.8, 4) is 40.1 Å². The van der Waals surface area contributed by atoms with Crippen LogP contribution in [-0.2, 0) is 4.74 Å². The second-order valence-corrected chi connectivity index (χ2v) is 11.1. The molecule has 3 aromatic heterocycles. The smallest absolute Gasteiger partial charge is 0.255 e. The number of furan rings is 1. The number of likely N-dealkylation sites (N-methyl/N-ethyl adjacent to an activating group) is 1. The van der Waals surface area contributed by atoms with Gasteiger partial charge in [-0.3, -0.25) is 14.7 Å². The van der Waals surface area contributed by atoms with E-state index in [0.29, 0.717) is 64.4 Å². The van der Waals surface area contributed by atoms with E-state index in [1.807, 2.05) is 35.2 Å². The van der Waals surface area contributed by atoms with Crippen LogP contribution in [0.4, 0.5) is 0 Å². The number of likely N-dealkylation sites (tertiary alicyclic amines) is 2. The summed E-state index contributed by atoms with van der Waals surface area (Å²) in [5.41, 5.74) is 4.24. The van der Waals surface area contributed by atoms with Crippen molar-refractivity contribution >= 4 is 17.0 Å². The van der Waals surface area contributed by atoms with E-state index < -0.39 is 0 Å². The number of nitrogens with zero attached hydrogens (tertiary/aromatic N) is 5. The average Bonchev–Trinajstić information content (AvgIpc) is 3.57. The van der Waals surface area contributed by atoms with Crippen molar-refractivity contribution in [2.75, 3.05) is 40.5 Å². The second-order valence-electron chi connectivity index (χ2n) is 11.1. The molecule has 2 unspecified atom stereocenters. The molecular formula is C32H31N5O5. The first-order valence-corrected chi connectivity index (χ1v) is 14.3. The molecule has 1 amide bonds. The number of pyridine rings is 2. The minimum atomic E-state index is -0.0324. The lowest BCUT2D eigenvalue weighted by molar-refractivity contribution is 0.0242. The predicted octanol–water partition coefficient (Wildman–Crippen LogP) is 4.52. The summed E-state index contributed by atoms with van der Waals surface area (Å²) in [6, 6.07) is 14.0. The maximum absolute atomic E-state index is 13.3. The first-order chi connectivity index (χ1) is 20.5. The molecule has 42 heavy (non-hydrogen) atoms. The summed E-state index contributed by atoms with van der Waals surface area (Å²) >= 11 is 0. The molecule has 0 radical (unpaired) electrons. The molecule has 0 aliphatic carbocycles. The van der Waals surface area contributed by atoms with E-state index in [4.69, 9.17) is 18.6 Å². The van der Waals surface area contributed by atoms with Gasteiger partial charge in [-0.15, -0.1) is 0 Å². The van der Waals surface area contributed by atoms with Gasteiger partial charge in [0.1, 0.15) is 34.9 Å². The van der Waals surface area contributed by atoms with Crippen LogP contribution in [0.1, 0.15) is 35.2 Å². The van der Waals surface area contributed by atoms with Crippen LogP contribution in [0.15, 0.2) is 53.2 Å². The molecule has 0 saturated carbocycles. The van der Waals surface area contributed by atoms with E-state index in [-0.39, 0.29) is 18.1 Å². The van der Waals surface area contributed by atoms with Crippen LogP contribution in [0.3, 0.4) is 0 Å². The summed E-state index contributed by atoms with van der Waals surface area (Å²) in [6.45, 7) is 3.07. The van der Waals surface area contributed by atoms with Gasteiger partial charge in [-0.25, -0.2) is 4.98 Å². The van der Waals surface area contributed by atoms with Crippen LogP contribution in [0, 0.1) is 11.3 Å². The Balaban J connectivity index is 1.18. The highest BCUT2D eigenvalue weighted by molar-refractivity contribution is 5.96. The van der Waals surface area contributed by atoms with Crippen LogP contribution in [-0.4, -0.2) is 84.3 Å². The molecule has 2 atom stereocenters. The maximum atomic E-state index is 13.3. The van der Waals surface area contributed by atoms with Gasteiger partial charge in [0.2, 0.25) is 0 Å². The summed E-state index contributed by atoms with van der Waals surface area (Å²) in [5, 5.41) is 9.87. The Kier molecular flexibility index (Phi) is 6.76. The highest BCUT2D eigenvalue weighted by Gasteiger charge is 2.47. The Bertz CT molecular complexity index is 1710. The number of fused-ring (bicyclic) bond motifs is 2. The molecule has 10 heteroatoms. The minimum absolute atomic E-state index is 0.0324. The van der Waals surface area contributed by atoms with Gasteiger partial charge in [-0.05, 0) is 43.3 Å². The third-order valence-electron chi connectivity index (χ3n) is 8.67. The number of methoxy groups -OCH3 is 1. The van der Waals surface area contributed by atoms with Gasteiger partial charge >= 0.3 is 0 Å². The van der Waals surface area contributed by atoms with Crippen molar-refractivity contribution in [3.63, 3.8) is 0 Å². The number of hydrogen-bond acceptors (Lipinski definition) is 9. The van der Waals surface area contributed by atoms with Gasteiger partial charge in [-0.1, -0.05) is 6.07 Å². The van der Waals surface area contributed by atoms with Crippen molar-refractivity contribution in [1.82, 2.24) is 19.8 Å². The number of carbonyl (C=O) groups is 1. The molecule has 0 bridgehead atoms. The maximum Gasteiger partial charge on any atom is 0.255 e. The van der Waals surface area contributed by atoms with Gasteiger partial charge in [0, 0.05) is 56.0 Å². The van der Waals surface area contributed by atoms with Crippen molar-refractivity contribution in [3.05, 3.63) is 59.9 Å². The number of rotatable bonds is 6. The first kappa shape index (κ1) is 26.4. The van der Waals surface area contributed by atoms with E-state index in [9.17, 15) is 10.1 Å². The molecule has 6 heterocycles. The zero-order valence-electron chi connectivity index (χ0n) is 23.6. The first-order valence-electron chi connectivity index (χ1n) is 14.3. The fourth-order valence-corrected chi connectivity index (χ4v) is 6.26. The van der Waals surface area contributed by atoms with Crippen molar-refractivity contribution in [2.24, 2.45) is 0 Å². The van der Waals surface area contributed by atoms with Gasteiger partial charge in [-0.2, -0.15) is 5.26 Å². The monoisotopic (exact) mass is 565 g/mol. The molecule has 4 aromatic rings. The highest BCUT2D eigenvalue weighted by atomic mass is 16.5. The van der Waals surface area contributed by atoms with Gasteiger partial charge in [0.25, 0.3) is 5.91 Å². The van der Waals surface area contributed by atoms with Crippen LogP contribution in [0.5, 0.6) is 11.5 Å². The minimum Gasteiger partial charge on any atom is -0.494 e. The SMILES string of the molecule is COc1cc(C(=O)N2CC3C2CCN3C)cnc1-c1cc2nccc(-c3ccc(OC4CCOCC4)c(C#N)c3)c2o1. The van der Waals surface area contributed by atoms with E-state index in [2.05, 4.69) is 28.0 Å². The number of hydrogen-bond donors (Lipinski definition) is 0. The molecule has 3 aliphatic heterocycles. The van der Waals surface area contributed by atoms with Crippen LogP contribution in [0.2, 0.25) is 0 Å². The largest absolute Gasteiger partial charge is 0.494 e. The topological polar surface area (TPSA) is 114 Å². The van der Waals surface area contributed by atoms with Crippen molar-refractivity contribution in [2.45, 2.75) is 37.5 Å². The quantitative estimate of drug-likeness (QED) is 0.333. The number of carbonyl (C=O) groups excluding carboxylic acids is 1. The summed E-state index contributed by atoms with van der Waals surface area (Å²) in [5.74, 6) is 1.46. The molecule has 3 fully saturated rings. The zero-order chi connectivity index (χ0) is 28.8. The standard InChI is InChI=1S/C32H31N5O5/c1-36-10-6-25-26(36)18-37(25)32(38)21-14-28(39-2)30(35-17-21)29-15-24-31(42-29)23(5-9-34-24)19-3-4-27(20(13-19)16-33)41-22-7-11-40-12-8-22/h3-5,9,13-15,17,22,25-26H,6-8,10-12,18H2,1-2H3. The summed E-state index contributed by atoms with van der Waals surface area (Å²) in [6.07, 6.45) is 5.93. The molecule has 214 valence electrons. The number of nitriles is 1. The molecule has 3 saturated heterocycles. The number of aromatic nitrogens is 2. The van der Waals surface area contributed by atoms with E-state index in [0.717, 1.165) is 43.5 Å². The highest BCUT2D eigenvalue weighted by Crippen LogP contribution is 2.38. The van der Waals surface area contributed by atoms with Crippen LogP contribution < -0.4 is 9.47 Å². The van der Waals surface area contributed by atoms with Crippen molar-refractivity contribution in [1.29, 1.82) is 5.26 Å². The normalized spacial score (nSPS) is 20.6. The third kappa shape index (κ3) is 4.55. The van der Waals surface area contributed by atoms with Crippen molar-refractivity contribution < 1.29 is 23.4 Å². The van der Waals surface area contributed by atoms with Crippen LogP contribution in [0.25, 0.3) is 33.7 Å². The zero-order valence-corrected chi connectivity index (χ0v) is 23.6. The summed E-state index contributed by atoms with van der Waals surface area (Å²) < 4.78 is 23.5. The fraction of sp³-hybridized carbons (Fsp3) is 0.375. The van der Waals surface area contributed by atoms with Gasteiger partial charge in [0.05, 0.1) is 37.5 Å². The average molecular weight is 566 g/mol. The van der Waals surface area contributed by atoms with E-state index in [1.54, 1.807) is 25.6 Å². The molecule has 0 N–H and O–H groups in total. The number of ether oxygens (including phenoxy) is 3. The summed E-state index contributed by atoms with van der Waals surface area (Å²) in [7, 11) is 3.67. The van der Waals surface area contributed by atoms with Gasteiger partial charge in [0.15, 0.2) is 11.3 Å². The Morgan fingerprint density at radius 3 is 2.71 bits per heavy atom. The Hall–Kier alpha value is -4.46. The second kappa shape index (κ2) is 10.7. The number of amides is 1. The third-order valence-corrected chi connectivity index (χ3v) is 8.67. The summed E-state index contributed by atoms with van der Waals surface area (Å²) in [4.78, 5) is 26.6. The fourth-order valence-electron chi connectivity index (χ4n) is 6.26. The lowest BCUT2D eigenvalue weighted by Crippen LogP contribution is -2.62. The molecule has 7 rings (SSSR count). The Morgan fingerprint density at radius 1 is 1.07 bits per heavy atom. The Morgan fingerprint density at radius 2 is 1.93 bits per heavy atom. The molecule has 10 nitrogen and oxygen atoms in total. The molecular weight excluding hydrogens is 534 g/mol. The lowest BCUT2D eigenvalue weighted by Gasteiger charge is -2.46. The molecule has 1 aromatic carbocycles. The van der Waals surface area contributed by atoms with E-state index >= 15 is 0 Å². The van der Waals surface area contributed by atoms with E-state index in [1.165, 1.54) is 0 Å².